The second-order valence-electron chi connectivity index (χ2n) is 5.40. The van der Waals surface area contributed by atoms with Gasteiger partial charge in [0.05, 0.1) is 22.4 Å². The molecule has 1 unspecified atom stereocenters. The van der Waals surface area contributed by atoms with E-state index in [1.807, 2.05) is 6.20 Å². The van der Waals surface area contributed by atoms with Crippen molar-refractivity contribution in [3.63, 3.8) is 0 Å². The zero-order valence-electron chi connectivity index (χ0n) is 12.6. The highest BCUT2D eigenvalue weighted by molar-refractivity contribution is 9.10. The molecule has 1 heterocycles. The van der Waals surface area contributed by atoms with Crippen molar-refractivity contribution in [1.82, 2.24) is 15.1 Å². The van der Waals surface area contributed by atoms with Crippen LogP contribution < -0.4 is 5.32 Å². The highest BCUT2D eigenvalue weighted by Crippen LogP contribution is 2.32. The van der Waals surface area contributed by atoms with E-state index in [1.165, 1.54) is 37.8 Å². The molecule has 1 atom stereocenters. The van der Waals surface area contributed by atoms with E-state index in [0.29, 0.717) is 6.04 Å². The Balaban J connectivity index is 2.00. The van der Waals surface area contributed by atoms with Crippen molar-refractivity contribution < 1.29 is 0 Å². The third-order valence-electron chi connectivity index (χ3n) is 3.96. The molecule has 0 bridgehead atoms. The first-order chi connectivity index (χ1) is 9.76. The molecule has 0 saturated heterocycles. The largest absolute Gasteiger partial charge is 0.308 e. The average Bonchev–Trinajstić information content (AvgIpc) is 2.85. The SMILES string of the molecule is CCNC(CSC1CCCCC1)c1c(Br)cnn1CC. The Morgan fingerprint density at radius 1 is 1.40 bits per heavy atom. The minimum atomic E-state index is 0.392. The predicted molar refractivity (Wildman–Crippen MR) is 91.3 cm³/mol. The Bertz CT molecular complexity index is 402. The van der Waals surface area contributed by atoms with E-state index in [-0.39, 0.29) is 0 Å². The van der Waals surface area contributed by atoms with Crippen LogP contribution in [0.2, 0.25) is 0 Å². The van der Waals surface area contributed by atoms with Gasteiger partial charge in [0.15, 0.2) is 0 Å². The fraction of sp³-hybridized carbons (Fsp3) is 0.800. The molecule has 3 nitrogen and oxygen atoms in total. The van der Waals surface area contributed by atoms with Crippen LogP contribution in [-0.4, -0.2) is 27.3 Å². The molecule has 2 rings (SSSR count). The van der Waals surface area contributed by atoms with Crippen molar-refractivity contribution >= 4 is 27.7 Å². The van der Waals surface area contributed by atoms with Gasteiger partial charge >= 0.3 is 0 Å². The molecule has 0 amide bonds. The van der Waals surface area contributed by atoms with Gasteiger partial charge in [0, 0.05) is 17.5 Å². The fourth-order valence-corrected chi connectivity index (χ4v) is 4.89. The standard InChI is InChI=1S/C15H26BrN3S/c1-3-17-14(11-20-12-8-6-5-7-9-12)15-13(16)10-18-19(15)4-2/h10,12,14,17H,3-9,11H2,1-2H3. The van der Waals surface area contributed by atoms with E-state index >= 15 is 0 Å². The number of nitrogens with one attached hydrogen (secondary N) is 1. The molecule has 20 heavy (non-hydrogen) atoms. The van der Waals surface area contributed by atoms with Gasteiger partial charge in [0.25, 0.3) is 0 Å². The molecule has 1 N–H and O–H groups in total. The average molecular weight is 360 g/mol. The molecule has 0 aromatic carbocycles. The van der Waals surface area contributed by atoms with Gasteiger partial charge in [-0.3, -0.25) is 4.68 Å². The molecule has 114 valence electrons. The summed E-state index contributed by atoms with van der Waals surface area (Å²) in [5, 5.41) is 8.94. The van der Waals surface area contributed by atoms with E-state index < -0.39 is 0 Å². The van der Waals surface area contributed by atoms with E-state index in [2.05, 4.69) is 56.6 Å². The lowest BCUT2D eigenvalue weighted by Crippen LogP contribution is -2.27. The lowest BCUT2D eigenvalue weighted by Gasteiger charge is -2.25. The third-order valence-corrected chi connectivity index (χ3v) is 6.04. The summed E-state index contributed by atoms with van der Waals surface area (Å²) in [4.78, 5) is 0. The Morgan fingerprint density at radius 3 is 2.80 bits per heavy atom. The quantitative estimate of drug-likeness (QED) is 0.783. The monoisotopic (exact) mass is 359 g/mol. The molecule has 1 aliphatic carbocycles. The van der Waals surface area contributed by atoms with E-state index in [0.717, 1.165) is 28.6 Å². The maximum atomic E-state index is 4.45. The first kappa shape index (κ1) is 16.4. The summed E-state index contributed by atoms with van der Waals surface area (Å²) in [6, 6.07) is 0.392. The van der Waals surface area contributed by atoms with Crippen LogP contribution in [-0.2, 0) is 6.54 Å². The number of nitrogens with zero attached hydrogens (tertiary/aromatic N) is 2. The molecule has 5 heteroatoms. The van der Waals surface area contributed by atoms with Crippen LogP contribution in [0.1, 0.15) is 57.7 Å². The summed E-state index contributed by atoms with van der Waals surface area (Å²) in [5.74, 6) is 1.14. The number of halogens is 1. The maximum Gasteiger partial charge on any atom is 0.0703 e. The van der Waals surface area contributed by atoms with E-state index in [1.54, 1.807) is 0 Å². The molecular weight excluding hydrogens is 334 g/mol. The lowest BCUT2D eigenvalue weighted by atomic mass is 10.0. The molecule has 1 fully saturated rings. The van der Waals surface area contributed by atoms with Gasteiger partial charge in [-0.05, 0) is 42.2 Å². The number of thioether (sulfide) groups is 1. The van der Waals surface area contributed by atoms with Gasteiger partial charge in [-0.2, -0.15) is 16.9 Å². The first-order valence-corrected chi connectivity index (χ1v) is 9.66. The van der Waals surface area contributed by atoms with Crippen LogP contribution in [0.15, 0.2) is 10.7 Å². The highest BCUT2D eigenvalue weighted by atomic mass is 79.9. The second-order valence-corrected chi connectivity index (χ2v) is 7.58. The maximum absolute atomic E-state index is 4.45. The predicted octanol–water partition coefficient (Wildman–Crippen LogP) is 4.38. The van der Waals surface area contributed by atoms with Gasteiger partial charge in [0.1, 0.15) is 0 Å². The number of aromatic nitrogens is 2. The van der Waals surface area contributed by atoms with Crippen LogP contribution in [0, 0.1) is 0 Å². The van der Waals surface area contributed by atoms with E-state index in [9.17, 15) is 0 Å². The van der Waals surface area contributed by atoms with Crippen molar-refractivity contribution in [2.45, 2.75) is 63.8 Å². The Hall–Kier alpha value is 0. The number of aryl methyl sites for hydroxylation is 1. The van der Waals surface area contributed by atoms with Gasteiger partial charge < -0.3 is 5.32 Å². The molecule has 1 aliphatic rings. The summed E-state index contributed by atoms with van der Waals surface area (Å²) in [6.45, 7) is 6.26. The summed E-state index contributed by atoms with van der Waals surface area (Å²) >= 11 is 5.81. The van der Waals surface area contributed by atoms with Crippen LogP contribution >= 0.6 is 27.7 Å². The van der Waals surface area contributed by atoms with Gasteiger partial charge in [-0.25, -0.2) is 0 Å². The summed E-state index contributed by atoms with van der Waals surface area (Å²) in [7, 11) is 0. The topological polar surface area (TPSA) is 29.9 Å². The molecule has 0 spiro atoms. The molecular formula is C15H26BrN3S. The third kappa shape index (κ3) is 4.25. The molecule has 1 aromatic heterocycles. The highest BCUT2D eigenvalue weighted by Gasteiger charge is 2.21. The normalized spacial score (nSPS) is 18.4. The van der Waals surface area contributed by atoms with Crippen LogP contribution in [0.5, 0.6) is 0 Å². The Kier molecular flexibility index (Phi) is 6.91. The summed E-state index contributed by atoms with van der Waals surface area (Å²) in [5.41, 5.74) is 1.30. The van der Waals surface area contributed by atoms with Crippen LogP contribution in [0.25, 0.3) is 0 Å². The number of hydrogen-bond acceptors (Lipinski definition) is 3. The van der Waals surface area contributed by atoms with Crippen molar-refractivity contribution in [2.24, 2.45) is 0 Å². The minimum Gasteiger partial charge on any atom is -0.308 e. The summed E-state index contributed by atoms with van der Waals surface area (Å²) in [6.07, 6.45) is 8.99. The van der Waals surface area contributed by atoms with Gasteiger partial charge in [-0.15, -0.1) is 0 Å². The Morgan fingerprint density at radius 2 is 2.15 bits per heavy atom. The van der Waals surface area contributed by atoms with Crippen molar-refractivity contribution in [2.75, 3.05) is 12.3 Å². The lowest BCUT2D eigenvalue weighted by molar-refractivity contribution is 0.507. The van der Waals surface area contributed by atoms with Gasteiger partial charge in [0.2, 0.25) is 0 Å². The number of rotatable bonds is 7. The van der Waals surface area contributed by atoms with Gasteiger partial charge in [-0.1, -0.05) is 26.2 Å². The fourth-order valence-electron chi connectivity index (χ4n) is 2.92. The summed E-state index contributed by atoms with van der Waals surface area (Å²) < 4.78 is 3.24. The Labute approximate surface area is 135 Å². The number of hydrogen-bond donors (Lipinski definition) is 1. The second kappa shape index (κ2) is 8.44. The molecule has 0 aliphatic heterocycles. The van der Waals surface area contributed by atoms with Crippen molar-refractivity contribution in [3.05, 3.63) is 16.4 Å². The van der Waals surface area contributed by atoms with Crippen molar-refractivity contribution in [3.8, 4) is 0 Å². The van der Waals surface area contributed by atoms with E-state index in [4.69, 9.17) is 0 Å². The zero-order valence-corrected chi connectivity index (χ0v) is 15.0. The molecule has 0 radical (unpaired) electrons. The first-order valence-electron chi connectivity index (χ1n) is 7.82. The van der Waals surface area contributed by atoms with Crippen molar-refractivity contribution in [1.29, 1.82) is 0 Å². The zero-order chi connectivity index (χ0) is 14.4. The minimum absolute atomic E-state index is 0.392. The molecule has 1 aromatic rings. The van der Waals surface area contributed by atoms with Crippen LogP contribution in [0.4, 0.5) is 0 Å². The smallest absolute Gasteiger partial charge is 0.0703 e. The van der Waals surface area contributed by atoms with Crippen LogP contribution in [0.3, 0.4) is 0 Å². The molecule has 1 saturated carbocycles.